The lowest BCUT2D eigenvalue weighted by molar-refractivity contribution is -0.142. The molecule has 0 heterocycles. The molecule has 0 saturated heterocycles. The zero-order chi connectivity index (χ0) is 15.8. The Morgan fingerprint density at radius 2 is 1.95 bits per heavy atom. The van der Waals surface area contributed by atoms with Crippen LogP contribution in [-0.4, -0.2) is 30.8 Å². The van der Waals surface area contributed by atoms with E-state index < -0.39 is 18.1 Å². The van der Waals surface area contributed by atoms with E-state index in [1.165, 1.54) is 31.4 Å². The molecule has 0 fully saturated rings. The number of halogens is 1. The van der Waals surface area contributed by atoms with Crippen LogP contribution in [0.15, 0.2) is 24.3 Å². The Balaban J connectivity index is 2.73. The SMILES string of the molecule is COC(=O)CC(NCCC(C)C)C(O)c1ccc(F)cc1. The summed E-state index contributed by atoms with van der Waals surface area (Å²) in [6.45, 7) is 4.90. The van der Waals surface area contributed by atoms with E-state index in [0.29, 0.717) is 18.0 Å². The number of hydrogen-bond donors (Lipinski definition) is 2. The monoisotopic (exact) mass is 297 g/mol. The van der Waals surface area contributed by atoms with E-state index in [-0.39, 0.29) is 12.2 Å². The number of hydrogen-bond acceptors (Lipinski definition) is 4. The molecular formula is C16H24FNO3. The van der Waals surface area contributed by atoms with Crippen LogP contribution in [0.25, 0.3) is 0 Å². The quantitative estimate of drug-likeness (QED) is 0.724. The van der Waals surface area contributed by atoms with Gasteiger partial charge in [-0.25, -0.2) is 4.39 Å². The molecule has 0 aromatic heterocycles. The van der Waals surface area contributed by atoms with Crippen LogP contribution in [0.2, 0.25) is 0 Å². The zero-order valence-electron chi connectivity index (χ0n) is 12.8. The van der Waals surface area contributed by atoms with Gasteiger partial charge in [-0.2, -0.15) is 0 Å². The minimum absolute atomic E-state index is 0.0626. The summed E-state index contributed by atoms with van der Waals surface area (Å²) in [5, 5.41) is 13.6. The Bertz CT molecular complexity index is 434. The molecule has 21 heavy (non-hydrogen) atoms. The molecule has 5 heteroatoms. The summed E-state index contributed by atoms with van der Waals surface area (Å²) in [7, 11) is 1.32. The molecule has 0 saturated carbocycles. The molecule has 2 N–H and O–H groups in total. The maximum absolute atomic E-state index is 12.9. The molecule has 2 atom stereocenters. The second kappa shape index (κ2) is 8.74. The van der Waals surface area contributed by atoms with Crippen molar-refractivity contribution in [2.45, 2.75) is 38.8 Å². The molecule has 1 aromatic rings. The van der Waals surface area contributed by atoms with Gasteiger partial charge in [0.15, 0.2) is 0 Å². The number of aliphatic hydroxyl groups is 1. The number of ether oxygens (including phenoxy) is 1. The summed E-state index contributed by atoms with van der Waals surface area (Å²) in [6, 6.07) is 5.17. The smallest absolute Gasteiger partial charge is 0.307 e. The van der Waals surface area contributed by atoms with Crippen LogP contribution in [0.5, 0.6) is 0 Å². The van der Waals surface area contributed by atoms with Crippen LogP contribution in [0.1, 0.15) is 38.4 Å². The lowest BCUT2D eigenvalue weighted by Gasteiger charge is -2.24. The first-order chi connectivity index (χ1) is 9.93. The average molecular weight is 297 g/mol. The number of aliphatic hydroxyl groups excluding tert-OH is 1. The van der Waals surface area contributed by atoms with Crippen LogP contribution in [0.4, 0.5) is 4.39 Å². The van der Waals surface area contributed by atoms with E-state index in [2.05, 4.69) is 23.9 Å². The first-order valence-corrected chi connectivity index (χ1v) is 7.17. The van der Waals surface area contributed by atoms with Crippen LogP contribution < -0.4 is 5.32 Å². The predicted octanol–water partition coefficient (Wildman–Crippen LogP) is 2.43. The first-order valence-electron chi connectivity index (χ1n) is 7.17. The zero-order valence-corrected chi connectivity index (χ0v) is 12.8. The highest BCUT2D eigenvalue weighted by Crippen LogP contribution is 2.20. The minimum Gasteiger partial charge on any atom is -0.469 e. The summed E-state index contributed by atoms with van der Waals surface area (Å²) in [5.41, 5.74) is 0.572. The second-order valence-corrected chi connectivity index (χ2v) is 5.52. The van der Waals surface area contributed by atoms with Gasteiger partial charge in [-0.3, -0.25) is 4.79 Å². The minimum atomic E-state index is -0.892. The van der Waals surface area contributed by atoms with E-state index in [1.807, 2.05) is 0 Å². The third kappa shape index (κ3) is 6.23. The molecule has 4 nitrogen and oxygen atoms in total. The van der Waals surface area contributed by atoms with Crippen molar-refractivity contribution in [3.05, 3.63) is 35.6 Å². The number of rotatable bonds is 8. The molecule has 118 valence electrons. The molecule has 0 amide bonds. The van der Waals surface area contributed by atoms with Crippen molar-refractivity contribution < 1.29 is 19.0 Å². The van der Waals surface area contributed by atoms with Gasteiger partial charge in [0.05, 0.1) is 19.6 Å². The summed E-state index contributed by atoms with van der Waals surface area (Å²) in [6.07, 6.45) is 0.109. The number of esters is 1. The van der Waals surface area contributed by atoms with Gasteiger partial charge in [-0.05, 0) is 36.6 Å². The molecule has 0 aliphatic carbocycles. The standard InChI is InChI=1S/C16H24FNO3/c1-11(2)8-9-18-14(10-15(19)21-3)16(20)12-4-6-13(17)7-5-12/h4-7,11,14,16,18,20H,8-10H2,1-3H3. The van der Waals surface area contributed by atoms with Crippen molar-refractivity contribution in [1.29, 1.82) is 0 Å². The van der Waals surface area contributed by atoms with E-state index in [9.17, 15) is 14.3 Å². The van der Waals surface area contributed by atoms with Crippen molar-refractivity contribution >= 4 is 5.97 Å². The molecule has 1 aromatic carbocycles. The van der Waals surface area contributed by atoms with Crippen LogP contribution >= 0.6 is 0 Å². The number of carbonyl (C=O) groups excluding carboxylic acids is 1. The van der Waals surface area contributed by atoms with Gasteiger partial charge in [0.2, 0.25) is 0 Å². The maximum Gasteiger partial charge on any atom is 0.307 e. The van der Waals surface area contributed by atoms with Crippen molar-refractivity contribution in [2.24, 2.45) is 5.92 Å². The molecule has 2 unspecified atom stereocenters. The fraction of sp³-hybridized carbons (Fsp3) is 0.562. The van der Waals surface area contributed by atoms with Crippen LogP contribution in [-0.2, 0) is 9.53 Å². The Kier molecular flexibility index (Phi) is 7.32. The van der Waals surface area contributed by atoms with Gasteiger partial charge in [0.1, 0.15) is 5.82 Å². The third-order valence-corrected chi connectivity index (χ3v) is 3.34. The van der Waals surface area contributed by atoms with E-state index in [4.69, 9.17) is 0 Å². The lowest BCUT2D eigenvalue weighted by atomic mass is 9.99. The van der Waals surface area contributed by atoms with Crippen molar-refractivity contribution in [2.75, 3.05) is 13.7 Å². The number of carbonyl (C=O) groups is 1. The number of methoxy groups -OCH3 is 1. The predicted molar refractivity (Wildman–Crippen MR) is 79.2 cm³/mol. The van der Waals surface area contributed by atoms with E-state index in [0.717, 1.165) is 6.42 Å². The molecule has 1 rings (SSSR count). The lowest BCUT2D eigenvalue weighted by Crippen LogP contribution is -2.38. The Morgan fingerprint density at radius 3 is 2.48 bits per heavy atom. The van der Waals surface area contributed by atoms with Gasteiger partial charge < -0.3 is 15.2 Å². The summed E-state index contributed by atoms with van der Waals surface area (Å²) >= 11 is 0. The average Bonchev–Trinajstić information content (AvgIpc) is 2.45. The largest absolute Gasteiger partial charge is 0.469 e. The van der Waals surface area contributed by atoms with Crippen LogP contribution in [0, 0.1) is 11.7 Å². The Labute approximate surface area is 125 Å². The molecule has 0 aliphatic heterocycles. The van der Waals surface area contributed by atoms with Gasteiger partial charge in [-0.1, -0.05) is 26.0 Å². The Morgan fingerprint density at radius 1 is 1.33 bits per heavy atom. The highest BCUT2D eigenvalue weighted by molar-refractivity contribution is 5.70. The topological polar surface area (TPSA) is 58.6 Å². The second-order valence-electron chi connectivity index (χ2n) is 5.52. The summed E-state index contributed by atoms with van der Waals surface area (Å²) < 4.78 is 17.6. The van der Waals surface area contributed by atoms with Gasteiger partial charge in [0, 0.05) is 6.04 Å². The van der Waals surface area contributed by atoms with E-state index in [1.54, 1.807) is 0 Å². The van der Waals surface area contributed by atoms with Gasteiger partial charge in [-0.15, -0.1) is 0 Å². The Hall–Kier alpha value is -1.46. The van der Waals surface area contributed by atoms with Crippen LogP contribution in [0.3, 0.4) is 0 Å². The normalized spacial score (nSPS) is 14.0. The maximum atomic E-state index is 12.9. The third-order valence-electron chi connectivity index (χ3n) is 3.34. The van der Waals surface area contributed by atoms with Gasteiger partial charge in [0.25, 0.3) is 0 Å². The highest BCUT2D eigenvalue weighted by Gasteiger charge is 2.23. The van der Waals surface area contributed by atoms with Crippen molar-refractivity contribution in [3.63, 3.8) is 0 Å². The van der Waals surface area contributed by atoms with E-state index >= 15 is 0 Å². The summed E-state index contributed by atoms with van der Waals surface area (Å²) in [4.78, 5) is 11.5. The first kappa shape index (κ1) is 17.6. The molecule has 0 bridgehead atoms. The molecular weight excluding hydrogens is 273 g/mol. The molecule has 0 aliphatic rings. The number of benzene rings is 1. The molecule has 0 spiro atoms. The highest BCUT2D eigenvalue weighted by atomic mass is 19.1. The summed E-state index contributed by atoms with van der Waals surface area (Å²) in [5.74, 6) is -0.222. The fourth-order valence-electron chi connectivity index (χ4n) is 2.01. The number of nitrogens with one attached hydrogen (secondary N) is 1. The molecule has 0 radical (unpaired) electrons. The van der Waals surface area contributed by atoms with Gasteiger partial charge >= 0.3 is 5.97 Å². The van der Waals surface area contributed by atoms with Crippen molar-refractivity contribution in [1.82, 2.24) is 5.32 Å². The van der Waals surface area contributed by atoms with Crippen molar-refractivity contribution in [3.8, 4) is 0 Å². The fourth-order valence-corrected chi connectivity index (χ4v) is 2.01.